The molecule has 0 saturated heterocycles. The van der Waals surface area contributed by atoms with E-state index in [1.54, 1.807) is 7.05 Å². The summed E-state index contributed by atoms with van der Waals surface area (Å²) < 4.78 is 0. The van der Waals surface area contributed by atoms with Crippen LogP contribution in [0.2, 0.25) is 0 Å². The summed E-state index contributed by atoms with van der Waals surface area (Å²) in [7, 11) is 1.68. The maximum atomic E-state index is 11.4. The molecule has 0 radical (unpaired) electrons. The first-order valence-corrected chi connectivity index (χ1v) is 6.42. The highest BCUT2D eigenvalue weighted by molar-refractivity contribution is 5.76. The van der Waals surface area contributed by atoms with Crippen LogP contribution >= 0.6 is 0 Å². The Morgan fingerprint density at radius 3 is 2.75 bits per heavy atom. The quantitative estimate of drug-likeness (QED) is 0.490. The Hall–Kier alpha value is -2.38. The van der Waals surface area contributed by atoms with Gasteiger partial charge in [0.05, 0.1) is 4.92 Å². The number of carbonyl (C=O) groups excluding carboxylic acids is 1. The number of rotatable bonds is 8. The summed E-state index contributed by atoms with van der Waals surface area (Å²) in [5.41, 5.74) is -0.113. The van der Waals surface area contributed by atoms with Gasteiger partial charge in [-0.2, -0.15) is 0 Å². The van der Waals surface area contributed by atoms with Gasteiger partial charge in [0, 0.05) is 32.6 Å². The molecule has 0 bridgehead atoms. The zero-order valence-corrected chi connectivity index (χ0v) is 11.6. The zero-order chi connectivity index (χ0) is 15.0. The molecule has 1 amide bonds. The van der Waals surface area contributed by atoms with Gasteiger partial charge in [-0.05, 0) is 12.5 Å². The molecule has 8 nitrogen and oxygen atoms in total. The molecule has 0 aliphatic carbocycles. The smallest absolute Gasteiger partial charge is 0.311 e. The fourth-order valence-corrected chi connectivity index (χ4v) is 1.52. The van der Waals surface area contributed by atoms with Gasteiger partial charge < -0.3 is 16.0 Å². The standard InChI is InChI=1S/C12H19N5O3/c1-3-7-14-11(18)6-8-15-12-9(17(19)20)4-5-10(13-2)16-12/h4-5H,3,6-8H2,1-2H3,(H,14,18)(H2,13,15,16). The van der Waals surface area contributed by atoms with E-state index in [-0.39, 0.29) is 30.4 Å². The van der Waals surface area contributed by atoms with Crippen molar-refractivity contribution >= 4 is 23.2 Å². The lowest BCUT2D eigenvalue weighted by molar-refractivity contribution is -0.384. The summed E-state index contributed by atoms with van der Waals surface area (Å²) in [5, 5.41) is 19.2. The number of aromatic nitrogens is 1. The fourth-order valence-electron chi connectivity index (χ4n) is 1.52. The van der Waals surface area contributed by atoms with Crippen molar-refractivity contribution in [1.82, 2.24) is 10.3 Å². The topological polar surface area (TPSA) is 109 Å². The lowest BCUT2D eigenvalue weighted by Gasteiger charge is -2.08. The number of nitro groups is 1. The molecule has 110 valence electrons. The fraction of sp³-hybridized carbons (Fsp3) is 0.500. The molecule has 1 aromatic rings. The second-order valence-corrected chi connectivity index (χ2v) is 4.10. The number of pyridine rings is 1. The molecule has 3 N–H and O–H groups in total. The van der Waals surface area contributed by atoms with E-state index in [0.717, 1.165) is 6.42 Å². The minimum atomic E-state index is -0.508. The molecular weight excluding hydrogens is 262 g/mol. The molecule has 8 heteroatoms. The third kappa shape index (κ3) is 4.71. The SMILES string of the molecule is CCCNC(=O)CCNc1nc(NC)ccc1[N+](=O)[O-]. The average molecular weight is 281 g/mol. The van der Waals surface area contributed by atoms with Crippen molar-refractivity contribution in [2.75, 3.05) is 30.8 Å². The monoisotopic (exact) mass is 281 g/mol. The Bertz CT molecular complexity index is 478. The van der Waals surface area contributed by atoms with E-state index in [1.807, 2.05) is 6.92 Å². The van der Waals surface area contributed by atoms with E-state index in [4.69, 9.17) is 0 Å². The summed E-state index contributed by atoms with van der Waals surface area (Å²) in [6.45, 7) is 2.89. The molecule has 0 spiro atoms. The Kier molecular flexibility index (Phi) is 6.21. The second kappa shape index (κ2) is 7.93. The van der Waals surface area contributed by atoms with Crippen LogP contribution < -0.4 is 16.0 Å². The average Bonchev–Trinajstić information content (AvgIpc) is 2.44. The molecule has 0 fully saturated rings. The molecule has 0 saturated carbocycles. The summed E-state index contributed by atoms with van der Waals surface area (Å²) >= 11 is 0. The number of nitrogens with one attached hydrogen (secondary N) is 3. The normalized spacial score (nSPS) is 9.90. The number of nitrogens with zero attached hydrogens (tertiary/aromatic N) is 2. The highest BCUT2D eigenvalue weighted by Gasteiger charge is 2.15. The van der Waals surface area contributed by atoms with Crippen LogP contribution in [-0.2, 0) is 4.79 Å². The van der Waals surface area contributed by atoms with Crippen molar-refractivity contribution in [3.63, 3.8) is 0 Å². The molecule has 0 aromatic carbocycles. The van der Waals surface area contributed by atoms with Gasteiger partial charge in [0.1, 0.15) is 5.82 Å². The van der Waals surface area contributed by atoms with Gasteiger partial charge >= 0.3 is 5.69 Å². The molecular formula is C12H19N5O3. The van der Waals surface area contributed by atoms with Crippen LogP contribution in [0, 0.1) is 10.1 Å². The Morgan fingerprint density at radius 1 is 1.40 bits per heavy atom. The predicted molar refractivity (Wildman–Crippen MR) is 76.8 cm³/mol. The van der Waals surface area contributed by atoms with Gasteiger partial charge in [-0.25, -0.2) is 4.98 Å². The van der Waals surface area contributed by atoms with E-state index < -0.39 is 4.92 Å². The first kappa shape index (κ1) is 15.7. The highest BCUT2D eigenvalue weighted by atomic mass is 16.6. The summed E-state index contributed by atoms with van der Waals surface area (Å²) in [6, 6.07) is 2.90. The molecule has 0 aliphatic heterocycles. The van der Waals surface area contributed by atoms with Crippen LogP contribution in [0.15, 0.2) is 12.1 Å². The minimum absolute atomic E-state index is 0.0909. The molecule has 0 atom stereocenters. The van der Waals surface area contributed by atoms with Crippen molar-refractivity contribution in [3.8, 4) is 0 Å². The predicted octanol–water partition coefficient (Wildman–Crippen LogP) is 1.36. The van der Waals surface area contributed by atoms with Crippen LogP contribution in [-0.4, -0.2) is 36.0 Å². The Labute approximate surface area is 117 Å². The zero-order valence-electron chi connectivity index (χ0n) is 11.6. The van der Waals surface area contributed by atoms with Crippen LogP contribution in [0.25, 0.3) is 0 Å². The lowest BCUT2D eigenvalue weighted by atomic mass is 10.3. The molecule has 20 heavy (non-hydrogen) atoms. The maximum Gasteiger partial charge on any atom is 0.311 e. The van der Waals surface area contributed by atoms with E-state index in [2.05, 4.69) is 20.9 Å². The highest BCUT2D eigenvalue weighted by Crippen LogP contribution is 2.23. The van der Waals surface area contributed by atoms with Crippen molar-refractivity contribution < 1.29 is 9.72 Å². The van der Waals surface area contributed by atoms with Crippen molar-refractivity contribution in [1.29, 1.82) is 0 Å². The van der Waals surface area contributed by atoms with E-state index in [9.17, 15) is 14.9 Å². The van der Waals surface area contributed by atoms with Crippen LogP contribution in [0.4, 0.5) is 17.3 Å². The van der Waals surface area contributed by atoms with Crippen LogP contribution in [0.1, 0.15) is 19.8 Å². The number of hydrogen-bond acceptors (Lipinski definition) is 6. The Balaban J connectivity index is 2.61. The lowest BCUT2D eigenvalue weighted by Crippen LogP contribution is -2.26. The maximum absolute atomic E-state index is 11.4. The number of hydrogen-bond donors (Lipinski definition) is 3. The van der Waals surface area contributed by atoms with Gasteiger partial charge in [0.15, 0.2) is 0 Å². The molecule has 0 aliphatic rings. The van der Waals surface area contributed by atoms with E-state index in [0.29, 0.717) is 12.4 Å². The third-order valence-electron chi connectivity index (χ3n) is 2.54. The van der Waals surface area contributed by atoms with E-state index in [1.165, 1.54) is 12.1 Å². The van der Waals surface area contributed by atoms with Crippen molar-refractivity contribution in [3.05, 3.63) is 22.2 Å². The van der Waals surface area contributed by atoms with Gasteiger partial charge in [-0.15, -0.1) is 0 Å². The molecule has 0 unspecified atom stereocenters. The number of amides is 1. The molecule has 1 heterocycles. The summed E-state index contributed by atoms with van der Waals surface area (Å²) in [4.78, 5) is 25.9. The van der Waals surface area contributed by atoms with Gasteiger partial charge in [-0.1, -0.05) is 6.92 Å². The minimum Gasteiger partial charge on any atom is -0.373 e. The Morgan fingerprint density at radius 2 is 2.15 bits per heavy atom. The van der Waals surface area contributed by atoms with Gasteiger partial charge in [-0.3, -0.25) is 14.9 Å². The van der Waals surface area contributed by atoms with Crippen molar-refractivity contribution in [2.24, 2.45) is 0 Å². The van der Waals surface area contributed by atoms with Crippen molar-refractivity contribution in [2.45, 2.75) is 19.8 Å². The number of carbonyl (C=O) groups is 1. The second-order valence-electron chi connectivity index (χ2n) is 4.10. The molecule has 1 rings (SSSR count). The molecule has 1 aromatic heterocycles. The summed E-state index contributed by atoms with van der Waals surface area (Å²) in [6.07, 6.45) is 1.11. The van der Waals surface area contributed by atoms with E-state index >= 15 is 0 Å². The van der Waals surface area contributed by atoms with Crippen LogP contribution in [0.3, 0.4) is 0 Å². The summed E-state index contributed by atoms with van der Waals surface area (Å²) in [5.74, 6) is 0.588. The third-order valence-corrected chi connectivity index (χ3v) is 2.54. The van der Waals surface area contributed by atoms with Crippen LogP contribution in [0.5, 0.6) is 0 Å². The largest absolute Gasteiger partial charge is 0.373 e. The van der Waals surface area contributed by atoms with Gasteiger partial charge in [0.25, 0.3) is 0 Å². The number of anilines is 2. The first-order valence-electron chi connectivity index (χ1n) is 6.42. The van der Waals surface area contributed by atoms with Gasteiger partial charge in [0.2, 0.25) is 11.7 Å². The first-order chi connectivity index (χ1) is 9.58.